The molecule has 0 aromatic heterocycles. The Labute approximate surface area is 115 Å². The van der Waals surface area contributed by atoms with Crippen LogP contribution >= 0.6 is 0 Å². The van der Waals surface area contributed by atoms with E-state index in [-0.39, 0.29) is 0 Å². The van der Waals surface area contributed by atoms with Crippen LogP contribution in [-0.2, 0) is 0 Å². The smallest absolute Gasteiger partial charge is 0.0278 e. The molecule has 1 aliphatic rings. The molecule has 2 heteroatoms. The van der Waals surface area contributed by atoms with Gasteiger partial charge in [-0.2, -0.15) is 0 Å². The Morgan fingerprint density at radius 1 is 1.22 bits per heavy atom. The third-order valence-electron chi connectivity index (χ3n) is 4.61. The van der Waals surface area contributed by atoms with Crippen LogP contribution in [0.1, 0.15) is 66.7 Å². The lowest BCUT2D eigenvalue weighted by Gasteiger charge is -2.47. The van der Waals surface area contributed by atoms with E-state index in [1.54, 1.807) is 0 Å². The van der Waals surface area contributed by atoms with Gasteiger partial charge in [0.25, 0.3) is 0 Å². The van der Waals surface area contributed by atoms with Crippen LogP contribution in [0.2, 0.25) is 0 Å². The highest BCUT2D eigenvalue weighted by molar-refractivity contribution is 4.95. The Hall–Kier alpha value is -0.0800. The number of hydrogen-bond donors (Lipinski definition) is 1. The molecule has 1 aliphatic heterocycles. The van der Waals surface area contributed by atoms with Crippen LogP contribution in [0.5, 0.6) is 0 Å². The first-order valence-corrected chi connectivity index (χ1v) is 8.01. The first-order chi connectivity index (χ1) is 8.52. The van der Waals surface area contributed by atoms with E-state index in [9.17, 15) is 0 Å². The van der Waals surface area contributed by atoms with Crippen LogP contribution in [0.3, 0.4) is 0 Å². The molecule has 0 aromatic rings. The molecule has 2 unspecified atom stereocenters. The number of nitrogens with zero attached hydrogens (tertiary/aromatic N) is 1. The minimum Gasteiger partial charge on any atom is -0.309 e. The maximum absolute atomic E-state index is 3.77. The Balaban J connectivity index is 2.50. The summed E-state index contributed by atoms with van der Waals surface area (Å²) < 4.78 is 0. The highest BCUT2D eigenvalue weighted by Gasteiger charge is 2.35. The van der Waals surface area contributed by atoms with Gasteiger partial charge in [-0.3, -0.25) is 4.90 Å². The molecule has 1 rings (SSSR count). The van der Waals surface area contributed by atoms with Gasteiger partial charge in [0.2, 0.25) is 0 Å². The Bertz CT molecular complexity index is 227. The van der Waals surface area contributed by atoms with Gasteiger partial charge >= 0.3 is 0 Å². The molecule has 108 valence electrons. The number of unbranched alkanes of at least 4 members (excludes halogenated alkanes) is 3. The predicted molar refractivity (Wildman–Crippen MR) is 81.0 cm³/mol. The topological polar surface area (TPSA) is 15.3 Å². The van der Waals surface area contributed by atoms with Gasteiger partial charge < -0.3 is 5.32 Å². The Morgan fingerprint density at radius 2 is 1.94 bits per heavy atom. The van der Waals surface area contributed by atoms with Gasteiger partial charge in [-0.15, -0.1) is 0 Å². The minimum atomic E-state index is 0.330. The van der Waals surface area contributed by atoms with Gasteiger partial charge in [0.1, 0.15) is 0 Å². The third kappa shape index (κ3) is 4.55. The summed E-state index contributed by atoms with van der Waals surface area (Å²) in [6, 6.07) is 0.728. The van der Waals surface area contributed by atoms with Crippen molar-refractivity contribution in [1.82, 2.24) is 10.2 Å². The summed E-state index contributed by atoms with van der Waals surface area (Å²) in [6.07, 6.45) is 6.72. The van der Waals surface area contributed by atoms with Crippen molar-refractivity contribution in [3.63, 3.8) is 0 Å². The standard InChI is InChI=1S/C16H34N2/c1-6-8-9-10-11-18-13-16(5,7-2)17-12-15(18)14(3)4/h14-15,17H,6-13H2,1-5H3. The summed E-state index contributed by atoms with van der Waals surface area (Å²) in [5, 5.41) is 3.77. The second kappa shape index (κ2) is 7.49. The minimum absolute atomic E-state index is 0.330. The maximum Gasteiger partial charge on any atom is 0.0278 e. The first kappa shape index (κ1) is 16.0. The zero-order chi connectivity index (χ0) is 13.6. The van der Waals surface area contributed by atoms with E-state index >= 15 is 0 Å². The molecule has 1 heterocycles. The largest absolute Gasteiger partial charge is 0.309 e. The van der Waals surface area contributed by atoms with Crippen molar-refractivity contribution in [3.05, 3.63) is 0 Å². The maximum atomic E-state index is 3.77. The predicted octanol–water partition coefficient (Wildman–Crippen LogP) is 3.67. The zero-order valence-corrected chi connectivity index (χ0v) is 13.3. The van der Waals surface area contributed by atoms with E-state index in [2.05, 4.69) is 44.8 Å². The fraction of sp³-hybridized carbons (Fsp3) is 1.00. The molecular weight excluding hydrogens is 220 g/mol. The van der Waals surface area contributed by atoms with Gasteiger partial charge in [-0.05, 0) is 32.2 Å². The van der Waals surface area contributed by atoms with Crippen molar-refractivity contribution in [2.75, 3.05) is 19.6 Å². The summed E-state index contributed by atoms with van der Waals surface area (Å²) in [7, 11) is 0. The van der Waals surface area contributed by atoms with Crippen LogP contribution in [0.25, 0.3) is 0 Å². The van der Waals surface area contributed by atoms with E-state index in [0.29, 0.717) is 5.54 Å². The van der Waals surface area contributed by atoms with Crippen molar-refractivity contribution in [2.24, 2.45) is 5.92 Å². The van der Waals surface area contributed by atoms with E-state index in [1.165, 1.54) is 45.2 Å². The lowest BCUT2D eigenvalue weighted by molar-refractivity contribution is 0.0588. The number of piperazine rings is 1. The Morgan fingerprint density at radius 3 is 2.50 bits per heavy atom. The highest BCUT2D eigenvalue weighted by Crippen LogP contribution is 2.23. The van der Waals surface area contributed by atoms with Crippen molar-refractivity contribution in [2.45, 2.75) is 78.3 Å². The van der Waals surface area contributed by atoms with E-state index in [0.717, 1.165) is 18.5 Å². The molecule has 0 amide bonds. The monoisotopic (exact) mass is 254 g/mol. The molecule has 0 saturated carbocycles. The molecule has 1 fully saturated rings. The SMILES string of the molecule is CCCCCCN1CC(C)(CC)NCC1C(C)C. The second-order valence-electron chi connectivity index (χ2n) is 6.64. The summed E-state index contributed by atoms with van der Waals surface area (Å²) in [5.74, 6) is 0.755. The molecule has 0 bridgehead atoms. The number of hydrogen-bond acceptors (Lipinski definition) is 2. The molecule has 0 aliphatic carbocycles. The summed E-state index contributed by atoms with van der Waals surface area (Å²) in [5.41, 5.74) is 0.330. The average Bonchev–Trinajstić information content (AvgIpc) is 2.34. The van der Waals surface area contributed by atoms with Gasteiger partial charge in [-0.1, -0.05) is 47.0 Å². The average molecular weight is 254 g/mol. The molecule has 2 nitrogen and oxygen atoms in total. The van der Waals surface area contributed by atoms with Crippen LogP contribution in [0.15, 0.2) is 0 Å². The zero-order valence-electron chi connectivity index (χ0n) is 13.3. The van der Waals surface area contributed by atoms with E-state index in [1.807, 2.05) is 0 Å². The molecule has 2 atom stereocenters. The first-order valence-electron chi connectivity index (χ1n) is 8.01. The lowest BCUT2D eigenvalue weighted by atomic mass is 9.89. The van der Waals surface area contributed by atoms with Crippen molar-refractivity contribution >= 4 is 0 Å². The van der Waals surface area contributed by atoms with Crippen LogP contribution in [-0.4, -0.2) is 36.1 Å². The molecule has 0 spiro atoms. The number of nitrogens with one attached hydrogen (secondary N) is 1. The molecule has 18 heavy (non-hydrogen) atoms. The van der Waals surface area contributed by atoms with Gasteiger partial charge in [0, 0.05) is 24.7 Å². The molecule has 0 radical (unpaired) electrons. The van der Waals surface area contributed by atoms with Crippen molar-refractivity contribution in [1.29, 1.82) is 0 Å². The lowest BCUT2D eigenvalue weighted by Crippen LogP contribution is -2.63. The second-order valence-corrected chi connectivity index (χ2v) is 6.64. The molecule has 1 saturated heterocycles. The van der Waals surface area contributed by atoms with Crippen LogP contribution in [0.4, 0.5) is 0 Å². The van der Waals surface area contributed by atoms with Gasteiger partial charge in [0.05, 0.1) is 0 Å². The highest BCUT2D eigenvalue weighted by atomic mass is 15.3. The quantitative estimate of drug-likeness (QED) is 0.697. The van der Waals surface area contributed by atoms with Crippen molar-refractivity contribution < 1.29 is 0 Å². The van der Waals surface area contributed by atoms with Gasteiger partial charge in [-0.25, -0.2) is 0 Å². The normalized spacial score (nSPS) is 30.0. The van der Waals surface area contributed by atoms with Crippen LogP contribution in [0, 0.1) is 5.92 Å². The molecule has 1 N–H and O–H groups in total. The summed E-state index contributed by atoms with van der Waals surface area (Å²) >= 11 is 0. The number of rotatable bonds is 7. The fourth-order valence-electron chi connectivity index (χ4n) is 2.98. The van der Waals surface area contributed by atoms with Crippen LogP contribution < -0.4 is 5.32 Å². The Kier molecular flexibility index (Phi) is 6.65. The fourth-order valence-corrected chi connectivity index (χ4v) is 2.98. The van der Waals surface area contributed by atoms with Gasteiger partial charge in [0.15, 0.2) is 0 Å². The van der Waals surface area contributed by atoms with E-state index in [4.69, 9.17) is 0 Å². The summed E-state index contributed by atoms with van der Waals surface area (Å²) in [4.78, 5) is 2.75. The molecular formula is C16H34N2. The third-order valence-corrected chi connectivity index (χ3v) is 4.61. The van der Waals surface area contributed by atoms with E-state index < -0.39 is 0 Å². The van der Waals surface area contributed by atoms with Crippen molar-refractivity contribution in [3.8, 4) is 0 Å². The molecule has 0 aromatic carbocycles. The summed E-state index contributed by atoms with van der Waals surface area (Å²) in [6.45, 7) is 15.4.